The normalized spacial score (nSPS) is 44.3. The van der Waals surface area contributed by atoms with Crippen molar-refractivity contribution in [1.29, 1.82) is 0 Å². The van der Waals surface area contributed by atoms with Crippen molar-refractivity contribution in [2.45, 2.75) is 71.1 Å². The van der Waals surface area contributed by atoms with Crippen LogP contribution in [0.25, 0.3) is 0 Å². The third-order valence-corrected chi connectivity index (χ3v) is 8.38. The molecule has 0 unspecified atom stereocenters. The van der Waals surface area contributed by atoms with Crippen LogP contribution in [0, 0.1) is 28.6 Å². The van der Waals surface area contributed by atoms with Gasteiger partial charge in [0.15, 0.2) is 0 Å². The van der Waals surface area contributed by atoms with Crippen LogP contribution in [0.5, 0.6) is 0 Å². The van der Waals surface area contributed by atoms with Crippen LogP contribution in [0.3, 0.4) is 0 Å². The van der Waals surface area contributed by atoms with E-state index in [-0.39, 0.29) is 23.9 Å². The molecule has 4 aliphatic rings. The van der Waals surface area contributed by atoms with Gasteiger partial charge in [0.05, 0.1) is 6.10 Å². The largest absolute Gasteiger partial charge is 0.508 e. The fraction of sp³-hybridized carbons (Fsp3) is 0.762. The Morgan fingerprint density at radius 1 is 1.15 bits per heavy atom. The maximum Gasteiger partial charge on any atom is 0.454 e. The lowest BCUT2D eigenvalue weighted by Gasteiger charge is -2.57. The van der Waals surface area contributed by atoms with Gasteiger partial charge in [-0.25, -0.2) is 0 Å². The van der Waals surface area contributed by atoms with Gasteiger partial charge >= 0.3 is 6.18 Å². The minimum absolute atomic E-state index is 0.0455. The number of hydrogen-bond donors (Lipinski definition) is 2. The smallest absolute Gasteiger partial charge is 0.454 e. The van der Waals surface area contributed by atoms with E-state index in [1.165, 1.54) is 6.08 Å². The quantitative estimate of drug-likeness (QED) is 0.679. The SMILES string of the molecule is C[C@]12CC[C@@H]3[C@H](CCC4=CC(O)=C(C(=O)C(F)(F)F)C[C@@]43C)[C@H]1CC[C@@H]2O. The van der Waals surface area contributed by atoms with E-state index in [2.05, 4.69) is 6.92 Å². The van der Waals surface area contributed by atoms with Gasteiger partial charge in [-0.1, -0.05) is 19.4 Å². The molecule has 0 saturated heterocycles. The number of rotatable bonds is 1. The van der Waals surface area contributed by atoms with Gasteiger partial charge < -0.3 is 10.2 Å². The molecule has 3 saturated carbocycles. The van der Waals surface area contributed by atoms with E-state index in [0.29, 0.717) is 11.8 Å². The summed E-state index contributed by atoms with van der Waals surface area (Å²) in [5, 5.41) is 20.6. The second-order valence-electron chi connectivity index (χ2n) is 9.51. The van der Waals surface area contributed by atoms with E-state index in [0.717, 1.165) is 44.1 Å². The second-order valence-corrected chi connectivity index (χ2v) is 9.51. The lowest BCUT2D eigenvalue weighted by molar-refractivity contribution is -0.167. The molecule has 0 aromatic carbocycles. The summed E-state index contributed by atoms with van der Waals surface area (Å²) >= 11 is 0. The van der Waals surface area contributed by atoms with Gasteiger partial charge in [-0.2, -0.15) is 13.2 Å². The summed E-state index contributed by atoms with van der Waals surface area (Å²) in [6.45, 7) is 4.13. The molecule has 6 atom stereocenters. The number of carbonyl (C=O) groups is 1. The van der Waals surface area contributed by atoms with Crippen LogP contribution >= 0.6 is 0 Å². The Kier molecular flexibility index (Phi) is 4.12. The molecule has 4 rings (SSSR count). The molecule has 2 N–H and O–H groups in total. The molecule has 27 heavy (non-hydrogen) atoms. The topological polar surface area (TPSA) is 57.5 Å². The molecule has 3 fully saturated rings. The Labute approximate surface area is 157 Å². The van der Waals surface area contributed by atoms with Crippen LogP contribution < -0.4 is 0 Å². The zero-order valence-electron chi connectivity index (χ0n) is 15.8. The highest BCUT2D eigenvalue weighted by atomic mass is 19.4. The van der Waals surface area contributed by atoms with Crippen molar-refractivity contribution in [3.63, 3.8) is 0 Å². The van der Waals surface area contributed by atoms with Crippen molar-refractivity contribution in [3.8, 4) is 0 Å². The Bertz CT molecular complexity index is 737. The summed E-state index contributed by atoms with van der Waals surface area (Å²) in [7, 11) is 0. The van der Waals surface area contributed by atoms with Gasteiger partial charge in [0.1, 0.15) is 5.76 Å². The Morgan fingerprint density at radius 3 is 2.52 bits per heavy atom. The monoisotopic (exact) mass is 384 g/mol. The molecule has 4 aliphatic carbocycles. The number of aliphatic hydroxyl groups excluding tert-OH is 2. The summed E-state index contributed by atoms with van der Waals surface area (Å²) in [4.78, 5) is 11.9. The first-order chi connectivity index (χ1) is 12.5. The van der Waals surface area contributed by atoms with E-state index in [4.69, 9.17) is 0 Å². The van der Waals surface area contributed by atoms with Gasteiger partial charge in [0.25, 0.3) is 5.78 Å². The Morgan fingerprint density at radius 2 is 1.85 bits per heavy atom. The van der Waals surface area contributed by atoms with Crippen molar-refractivity contribution in [3.05, 3.63) is 23.0 Å². The molecule has 0 aliphatic heterocycles. The van der Waals surface area contributed by atoms with Crippen molar-refractivity contribution in [2.75, 3.05) is 0 Å². The van der Waals surface area contributed by atoms with Crippen LogP contribution in [-0.2, 0) is 4.79 Å². The van der Waals surface area contributed by atoms with E-state index in [9.17, 15) is 28.2 Å². The molecule has 0 heterocycles. The first kappa shape index (κ1) is 19.0. The van der Waals surface area contributed by atoms with E-state index >= 15 is 0 Å². The molecular weight excluding hydrogens is 357 g/mol. The van der Waals surface area contributed by atoms with Crippen LogP contribution in [0.1, 0.15) is 58.8 Å². The molecule has 0 aromatic heterocycles. The third-order valence-electron chi connectivity index (χ3n) is 8.38. The number of alkyl halides is 3. The van der Waals surface area contributed by atoms with Crippen LogP contribution in [-0.4, -0.2) is 28.3 Å². The molecule has 0 radical (unpaired) electrons. The molecular formula is C21H27F3O3. The number of allylic oxidation sites excluding steroid dienone is 3. The minimum atomic E-state index is -4.97. The summed E-state index contributed by atoms with van der Waals surface area (Å²) in [5.41, 5.74) is -0.146. The predicted octanol–water partition coefficient (Wildman–Crippen LogP) is 4.86. The Hall–Kier alpha value is -1.30. The highest BCUT2D eigenvalue weighted by molar-refractivity contribution is 6.00. The zero-order valence-corrected chi connectivity index (χ0v) is 15.8. The fourth-order valence-corrected chi connectivity index (χ4v) is 6.86. The Balaban J connectivity index is 1.69. The number of halogens is 3. The van der Waals surface area contributed by atoms with E-state index in [1.54, 1.807) is 0 Å². The van der Waals surface area contributed by atoms with Crippen molar-refractivity contribution < 1.29 is 28.2 Å². The number of Topliss-reactive ketones (excluding diaryl/α,β-unsaturated/α-hetero) is 1. The standard InChI is InChI=1S/C21H27F3O3/c1-19-8-7-15-12(14(19)5-6-17(19)26)4-3-11-9-16(25)13(10-20(11,15)2)18(27)21(22,23)24/h9,12,14-15,17,25-26H,3-8,10H2,1-2H3/t12-,14-,15-,17+,19+,20+/m1/s1. The van der Waals surface area contributed by atoms with E-state index < -0.39 is 28.7 Å². The number of fused-ring (bicyclic) bond motifs is 5. The lowest BCUT2D eigenvalue weighted by Crippen LogP contribution is -2.51. The fourth-order valence-electron chi connectivity index (χ4n) is 6.86. The molecule has 3 nitrogen and oxygen atoms in total. The summed E-state index contributed by atoms with van der Waals surface area (Å²) in [6, 6.07) is 0. The predicted molar refractivity (Wildman–Crippen MR) is 93.8 cm³/mol. The third kappa shape index (κ3) is 2.62. The molecule has 0 spiro atoms. The number of carbonyl (C=O) groups excluding carboxylic acids is 1. The van der Waals surface area contributed by atoms with Crippen molar-refractivity contribution >= 4 is 5.78 Å². The first-order valence-electron chi connectivity index (χ1n) is 9.91. The molecule has 150 valence electrons. The second kappa shape index (κ2) is 5.85. The van der Waals surface area contributed by atoms with Crippen LogP contribution in [0.4, 0.5) is 13.2 Å². The molecule has 6 heteroatoms. The minimum Gasteiger partial charge on any atom is -0.508 e. The van der Waals surface area contributed by atoms with Gasteiger partial charge in [0.2, 0.25) is 0 Å². The maximum absolute atomic E-state index is 13.0. The summed E-state index contributed by atoms with van der Waals surface area (Å²) in [6.07, 6.45) is 1.24. The van der Waals surface area contributed by atoms with Crippen molar-refractivity contribution in [1.82, 2.24) is 0 Å². The molecule has 0 aromatic rings. The summed E-state index contributed by atoms with van der Waals surface area (Å²) < 4.78 is 39.0. The summed E-state index contributed by atoms with van der Waals surface area (Å²) in [5.74, 6) is -1.52. The zero-order chi connectivity index (χ0) is 19.8. The van der Waals surface area contributed by atoms with Crippen LogP contribution in [0.2, 0.25) is 0 Å². The average Bonchev–Trinajstić information content (AvgIpc) is 2.89. The molecule has 0 bridgehead atoms. The van der Waals surface area contributed by atoms with Gasteiger partial charge in [-0.15, -0.1) is 0 Å². The van der Waals surface area contributed by atoms with E-state index in [1.807, 2.05) is 6.92 Å². The average molecular weight is 384 g/mol. The first-order valence-corrected chi connectivity index (χ1v) is 9.91. The van der Waals surface area contributed by atoms with Crippen LogP contribution in [0.15, 0.2) is 23.0 Å². The van der Waals surface area contributed by atoms with Gasteiger partial charge in [-0.3, -0.25) is 4.79 Å². The molecule has 0 amide bonds. The highest BCUT2D eigenvalue weighted by Gasteiger charge is 2.59. The van der Waals surface area contributed by atoms with Gasteiger partial charge in [0, 0.05) is 5.57 Å². The lowest BCUT2D eigenvalue weighted by atomic mass is 9.47. The number of aliphatic hydroxyl groups is 2. The highest BCUT2D eigenvalue weighted by Crippen LogP contribution is 2.65. The number of hydrogen-bond acceptors (Lipinski definition) is 3. The van der Waals surface area contributed by atoms with Crippen molar-refractivity contribution in [2.24, 2.45) is 28.6 Å². The number of ketones is 1. The van der Waals surface area contributed by atoms with Gasteiger partial charge in [-0.05, 0) is 79.6 Å². The maximum atomic E-state index is 13.0.